The number of carbonyl (C=O) groups is 1. The molecular formula is C19H21N3O2S. The van der Waals surface area contributed by atoms with Crippen molar-refractivity contribution in [3.63, 3.8) is 0 Å². The Labute approximate surface area is 152 Å². The minimum atomic E-state index is -0.250. The van der Waals surface area contributed by atoms with E-state index < -0.39 is 0 Å². The van der Waals surface area contributed by atoms with Gasteiger partial charge in [-0.2, -0.15) is 5.26 Å². The standard InChI is InChI=1S/C18H19N3S.CH2O2/c1-4-22-13-21(14(2)12-20-3)18-10-9-15(11-19)16-7-5-6-8-17(16)18;2-1-3/h5-10,12H,3-4,13H2,1-2H3;1H,(H,2,3)/b14-12-;. The number of carboxylic acid groups (broad SMARTS) is 1. The summed E-state index contributed by atoms with van der Waals surface area (Å²) in [5, 5.41) is 18.2. The Balaban J connectivity index is 0.000000970. The van der Waals surface area contributed by atoms with Crippen molar-refractivity contribution in [3.05, 3.63) is 53.9 Å². The summed E-state index contributed by atoms with van der Waals surface area (Å²) in [5.74, 6) is 1.88. The van der Waals surface area contributed by atoms with Crippen molar-refractivity contribution in [1.29, 1.82) is 5.26 Å². The van der Waals surface area contributed by atoms with E-state index in [2.05, 4.69) is 35.7 Å². The second kappa shape index (κ2) is 10.9. The van der Waals surface area contributed by atoms with Gasteiger partial charge in [-0.3, -0.25) is 9.79 Å². The summed E-state index contributed by atoms with van der Waals surface area (Å²) in [6, 6.07) is 14.2. The lowest BCUT2D eigenvalue weighted by Gasteiger charge is -2.26. The Hall–Kier alpha value is -2.78. The van der Waals surface area contributed by atoms with Gasteiger partial charge in [0.05, 0.1) is 17.5 Å². The van der Waals surface area contributed by atoms with Crippen molar-refractivity contribution in [1.82, 2.24) is 0 Å². The van der Waals surface area contributed by atoms with E-state index in [0.29, 0.717) is 5.56 Å². The first-order chi connectivity index (χ1) is 12.1. The summed E-state index contributed by atoms with van der Waals surface area (Å²) in [4.78, 5) is 14.5. The van der Waals surface area contributed by atoms with Crippen LogP contribution in [0.25, 0.3) is 10.8 Å². The quantitative estimate of drug-likeness (QED) is 0.469. The highest BCUT2D eigenvalue weighted by Crippen LogP contribution is 2.32. The van der Waals surface area contributed by atoms with Crippen LogP contribution in [0, 0.1) is 11.3 Å². The third kappa shape index (κ3) is 5.37. The van der Waals surface area contributed by atoms with Gasteiger partial charge >= 0.3 is 0 Å². The van der Waals surface area contributed by atoms with Crippen LogP contribution >= 0.6 is 11.8 Å². The van der Waals surface area contributed by atoms with Crippen molar-refractivity contribution in [2.24, 2.45) is 4.99 Å². The molecule has 0 heterocycles. The summed E-state index contributed by atoms with van der Waals surface area (Å²) >= 11 is 1.84. The molecule has 0 aliphatic heterocycles. The van der Waals surface area contributed by atoms with Crippen molar-refractivity contribution >= 4 is 41.4 Å². The van der Waals surface area contributed by atoms with Crippen molar-refractivity contribution in [2.45, 2.75) is 13.8 Å². The number of benzene rings is 2. The SMILES string of the molecule is C=N/C=C(/C)N(CSCC)c1ccc(C#N)c2ccccc12.O=CO. The highest BCUT2D eigenvalue weighted by molar-refractivity contribution is 7.99. The lowest BCUT2D eigenvalue weighted by Crippen LogP contribution is -2.20. The second-order valence-electron chi connectivity index (χ2n) is 4.90. The van der Waals surface area contributed by atoms with E-state index in [1.807, 2.05) is 49.0 Å². The van der Waals surface area contributed by atoms with Crippen LogP contribution < -0.4 is 4.90 Å². The van der Waals surface area contributed by atoms with Gasteiger partial charge in [-0.15, -0.1) is 11.8 Å². The molecule has 0 saturated heterocycles. The third-order valence-electron chi connectivity index (χ3n) is 3.44. The number of nitrogens with zero attached hydrogens (tertiary/aromatic N) is 3. The molecular weight excluding hydrogens is 334 g/mol. The Morgan fingerprint density at radius 2 is 2.00 bits per heavy atom. The molecule has 130 valence electrons. The van der Waals surface area contributed by atoms with Crippen molar-refractivity contribution in [2.75, 3.05) is 16.5 Å². The van der Waals surface area contributed by atoms with Gasteiger partial charge < -0.3 is 10.0 Å². The summed E-state index contributed by atoms with van der Waals surface area (Å²) in [7, 11) is 0. The van der Waals surface area contributed by atoms with E-state index >= 15 is 0 Å². The first kappa shape index (κ1) is 20.3. The summed E-state index contributed by atoms with van der Waals surface area (Å²) in [6.07, 6.45) is 1.77. The predicted octanol–water partition coefficient (Wildman–Crippen LogP) is 4.49. The molecule has 2 aromatic rings. The van der Waals surface area contributed by atoms with E-state index in [-0.39, 0.29) is 6.47 Å². The van der Waals surface area contributed by atoms with Crippen molar-refractivity contribution < 1.29 is 9.90 Å². The maximum Gasteiger partial charge on any atom is 0.290 e. The van der Waals surface area contributed by atoms with Crippen LogP contribution in [0.3, 0.4) is 0 Å². The number of hydrogen-bond donors (Lipinski definition) is 1. The topological polar surface area (TPSA) is 76.7 Å². The molecule has 2 rings (SSSR count). The highest BCUT2D eigenvalue weighted by Gasteiger charge is 2.13. The van der Waals surface area contributed by atoms with Gasteiger partial charge in [0.1, 0.15) is 0 Å². The summed E-state index contributed by atoms with van der Waals surface area (Å²) < 4.78 is 0. The van der Waals surface area contributed by atoms with Crippen LogP contribution in [-0.2, 0) is 4.79 Å². The molecule has 0 spiro atoms. The smallest absolute Gasteiger partial charge is 0.290 e. The molecule has 0 atom stereocenters. The lowest BCUT2D eigenvalue weighted by molar-refractivity contribution is -0.122. The van der Waals surface area contributed by atoms with E-state index in [1.165, 1.54) is 0 Å². The molecule has 0 unspecified atom stereocenters. The van der Waals surface area contributed by atoms with Crippen LogP contribution in [0.4, 0.5) is 5.69 Å². The van der Waals surface area contributed by atoms with E-state index in [9.17, 15) is 5.26 Å². The first-order valence-corrected chi connectivity index (χ1v) is 8.77. The molecule has 1 N–H and O–H groups in total. The summed E-state index contributed by atoms with van der Waals surface area (Å²) in [5.41, 5.74) is 2.82. The third-order valence-corrected chi connectivity index (χ3v) is 4.29. The molecule has 0 saturated carbocycles. The van der Waals surface area contributed by atoms with E-state index in [4.69, 9.17) is 9.90 Å². The van der Waals surface area contributed by atoms with E-state index in [1.54, 1.807) is 6.20 Å². The minimum absolute atomic E-state index is 0.250. The Bertz CT molecular complexity index is 797. The number of rotatable bonds is 6. The van der Waals surface area contributed by atoms with Crippen LogP contribution in [0.2, 0.25) is 0 Å². The van der Waals surface area contributed by atoms with Crippen molar-refractivity contribution in [3.8, 4) is 6.07 Å². The molecule has 6 heteroatoms. The number of anilines is 1. The molecule has 0 radical (unpaired) electrons. The van der Waals surface area contributed by atoms with Crippen LogP contribution in [0.5, 0.6) is 0 Å². The van der Waals surface area contributed by atoms with Gasteiger partial charge in [0.2, 0.25) is 0 Å². The molecule has 2 aromatic carbocycles. The van der Waals surface area contributed by atoms with Gasteiger partial charge in [0.25, 0.3) is 6.47 Å². The predicted molar refractivity (Wildman–Crippen MR) is 106 cm³/mol. The van der Waals surface area contributed by atoms with Crippen LogP contribution in [0.1, 0.15) is 19.4 Å². The maximum atomic E-state index is 9.30. The molecule has 25 heavy (non-hydrogen) atoms. The maximum absolute atomic E-state index is 9.30. The molecule has 0 aliphatic rings. The number of hydrogen-bond acceptors (Lipinski definition) is 5. The molecule has 0 amide bonds. The monoisotopic (exact) mass is 355 g/mol. The van der Waals surface area contributed by atoms with Gasteiger partial charge in [-0.1, -0.05) is 31.2 Å². The fourth-order valence-corrected chi connectivity index (χ4v) is 3.07. The first-order valence-electron chi connectivity index (χ1n) is 7.62. The number of aliphatic imine (C=N–C) groups is 1. The van der Waals surface area contributed by atoms with Gasteiger partial charge in [0, 0.05) is 28.4 Å². The van der Waals surface area contributed by atoms with Gasteiger partial charge in [-0.05, 0) is 31.5 Å². The van der Waals surface area contributed by atoms with E-state index in [0.717, 1.165) is 33.8 Å². The summed E-state index contributed by atoms with van der Waals surface area (Å²) in [6.45, 7) is 7.46. The van der Waals surface area contributed by atoms with Gasteiger partial charge in [-0.25, -0.2) is 0 Å². The number of allylic oxidation sites excluding steroid dienone is 1. The average Bonchev–Trinajstić information content (AvgIpc) is 2.63. The van der Waals surface area contributed by atoms with Crippen LogP contribution in [-0.4, -0.2) is 29.9 Å². The second-order valence-corrected chi connectivity index (χ2v) is 6.14. The zero-order valence-corrected chi connectivity index (χ0v) is 15.2. The average molecular weight is 355 g/mol. The van der Waals surface area contributed by atoms with Gasteiger partial charge in [0.15, 0.2) is 0 Å². The number of nitriles is 1. The minimum Gasteiger partial charge on any atom is -0.483 e. The number of thioether (sulfide) groups is 1. The molecule has 0 aliphatic carbocycles. The molecule has 0 bridgehead atoms. The zero-order valence-electron chi connectivity index (χ0n) is 14.3. The largest absolute Gasteiger partial charge is 0.483 e. The Morgan fingerprint density at radius 3 is 2.56 bits per heavy atom. The zero-order chi connectivity index (χ0) is 18.7. The Kier molecular flexibility index (Phi) is 8.83. The molecule has 0 fully saturated rings. The fourth-order valence-electron chi connectivity index (χ4n) is 2.36. The Morgan fingerprint density at radius 1 is 1.36 bits per heavy atom. The highest BCUT2D eigenvalue weighted by atomic mass is 32.2. The normalized spacial score (nSPS) is 10.4. The number of fused-ring (bicyclic) bond motifs is 1. The van der Waals surface area contributed by atoms with Crippen LogP contribution in [0.15, 0.2) is 53.3 Å². The molecule has 0 aromatic heterocycles. The molecule has 5 nitrogen and oxygen atoms in total. The lowest BCUT2D eigenvalue weighted by atomic mass is 10.0. The fraction of sp³-hybridized carbons (Fsp3) is 0.211.